The number of rotatable bonds is 8. The third-order valence-electron chi connectivity index (χ3n) is 6.02. The van der Waals surface area contributed by atoms with Gasteiger partial charge in [-0.1, -0.05) is 35.4 Å². The third kappa shape index (κ3) is 5.17. The van der Waals surface area contributed by atoms with E-state index in [0.29, 0.717) is 29.7 Å². The molecule has 1 saturated heterocycles. The van der Waals surface area contributed by atoms with Crippen molar-refractivity contribution in [2.75, 3.05) is 38.6 Å². The zero-order chi connectivity index (χ0) is 24.5. The summed E-state index contributed by atoms with van der Waals surface area (Å²) in [5.74, 6) is -0.207. The van der Waals surface area contributed by atoms with Gasteiger partial charge < -0.3 is 4.90 Å². The lowest BCUT2D eigenvalue weighted by atomic mass is 10.0. The fraction of sp³-hybridized carbons (Fsp3) is 0.478. The highest BCUT2D eigenvalue weighted by Crippen LogP contribution is 2.35. The molecule has 1 aromatic carbocycles. The Kier molecular flexibility index (Phi) is 7.95. The summed E-state index contributed by atoms with van der Waals surface area (Å²) in [4.78, 5) is 22.5. The smallest absolute Gasteiger partial charge is 0.253 e. The van der Waals surface area contributed by atoms with Gasteiger partial charge in [0.05, 0.1) is 10.2 Å². The van der Waals surface area contributed by atoms with Gasteiger partial charge in [0.1, 0.15) is 10.3 Å². The quantitative estimate of drug-likeness (QED) is 0.408. The average molecular weight is 541 g/mol. The van der Waals surface area contributed by atoms with E-state index in [-0.39, 0.29) is 10.1 Å². The number of nitrogens with zero attached hydrogens (tertiary/aromatic N) is 4. The molecule has 1 fully saturated rings. The molecule has 4 rings (SSSR count). The van der Waals surface area contributed by atoms with E-state index in [9.17, 15) is 13.2 Å². The summed E-state index contributed by atoms with van der Waals surface area (Å²) >= 11 is 8.93. The second-order valence-corrected chi connectivity index (χ2v) is 13.2. The number of hydrogen-bond acceptors (Lipinski definition) is 7. The van der Waals surface area contributed by atoms with Gasteiger partial charge in [0, 0.05) is 18.1 Å². The van der Waals surface area contributed by atoms with Crippen molar-refractivity contribution in [1.82, 2.24) is 14.2 Å². The summed E-state index contributed by atoms with van der Waals surface area (Å²) in [6.07, 6.45) is 2.81. The van der Waals surface area contributed by atoms with Crippen LogP contribution in [0.25, 0.3) is 10.2 Å². The minimum atomic E-state index is -3.74. The predicted molar refractivity (Wildman–Crippen MR) is 141 cm³/mol. The van der Waals surface area contributed by atoms with E-state index in [2.05, 4.69) is 4.90 Å². The largest absolute Gasteiger partial charge is 0.309 e. The molecule has 3 heterocycles. The number of fused-ring (bicyclic) bond motifs is 1. The van der Waals surface area contributed by atoms with Gasteiger partial charge in [0.15, 0.2) is 5.13 Å². The molecule has 0 radical (unpaired) electrons. The van der Waals surface area contributed by atoms with Crippen molar-refractivity contribution < 1.29 is 13.2 Å². The van der Waals surface area contributed by atoms with Gasteiger partial charge in [0.25, 0.3) is 10.0 Å². The van der Waals surface area contributed by atoms with Crippen LogP contribution in [0.15, 0.2) is 33.9 Å². The van der Waals surface area contributed by atoms with E-state index in [1.54, 1.807) is 22.4 Å². The minimum absolute atomic E-state index is 0.207. The molecule has 1 amide bonds. The number of piperidine rings is 1. The molecule has 2 aromatic heterocycles. The van der Waals surface area contributed by atoms with E-state index >= 15 is 0 Å². The summed E-state index contributed by atoms with van der Waals surface area (Å²) < 4.78 is 29.4. The Morgan fingerprint density at radius 3 is 2.74 bits per heavy atom. The first-order valence-electron chi connectivity index (χ1n) is 11.3. The fourth-order valence-electron chi connectivity index (χ4n) is 4.19. The normalized spacial score (nSPS) is 17.5. The molecule has 1 atom stereocenters. The molecular formula is C23H29ClN4O3S3. The Morgan fingerprint density at radius 1 is 1.24 bits per heavy atom. The standard InChI is InChI=1S/C23H29ClN4O3S3/c1-16-17(24)10-11-19-21(16)25-23(33-19)27(13-7-12-26(2)3)22(29)18-8-4-5-14-28(18)34(30,31)20-9-6-15-32-20/h6,9-11,15,18H,4-5,7-8,12-14H2,1-3H3. The number of thiophene rings is 1. The number of halogens is 1. The van der Waals surface area contributed by atoms with E-state index in [4.69, 9.17) is 16.6 Å². The summed E-state index contributed by atoms with van der Waals surface area (Å²) in [6, 6.07) is 6.35. The van der Waals surface area contributed by atoms with Gasteiger partial charge in [-0.05, 0) is 76.0 Å². The number of sulfonamides is 1. The van der Waals surface area contributed by atoms with Crippen LogP contribution in [-0.2, 0) is 14.8 Å². The summed E-state index contributed by atoms with van der Waals surface area (Å²) in [6.45, 7) is 3.54. The SMILES string of the molecule is Cc1c(Cl)ccc2sc(N(CCCN(C)C)C(=O)C3CCCCN3S(=O)(=O)c3cccs3)nc12. The molecule has 0 saturated carbocycles. The number of carbonyl (C=O) groups is 1. The van der Waals surface area contributed by atoms with Crippen LogP contribution < -0.4 is 4.90 Å². The van der Waals surface area contributed by atoms with E-state index in [0.717, 1.165) is 41.6 Å². The molecule has 34 heavy (non-hydrogen) atoms. The number of aryl methyl sites for hydroxylation is 1. The van der Waals surface area contributed by atoms with Crippen LogP contribution in [0, 0.1) is 6.92 Å². The van der Waals surface area contributed by atoms with E-state index < -0.39 is 16.1 Å². The van der Waals surface area contributed by atoms with Gasteiger partial charge in [0.2, 0.25) is 5.91 Å². The number of benzene rings is 1. The Bertz CT molecular complexity index is 1260. The van der Waals surface area contributed by atoms with Crippen molar-refractivity contribution in [2.45, 2.75) is 42.9 Å². The molecule has 184 valence electrons. The number of anilines is 1. The minimum Gasteiger partial charge on any atom is -0.309 e. The zero-order valence-electron chi connectivity index (χ0n) is 19.5. The number of aromatic nitrogens is 1. The molecule has 3 aromatic rings. The lowest BCUT2D eigenvalue weighted by Gasteiger charge is -2.36. The lowest BCUT2D eigenvalue weighted by molar-refractivity contribution is -0.123. The Morgan fingerprint density at radius 2 is 2.03 bits per heavy atom. The summed E-state index contributed by atoms with van der Waals surface area (Å²) in [5.41, 5.74) is 1.66. The third-order valence-corrected chi connectivity index (χ3v) is 10.8. The average Bonchev–Trinajstić information content (AvgIpc) is 3.50. The van der Waals surface area contributed by atoms with Crippen molar-refractivity contribution in [3.8, 4) is 0 Å². The number of amides is 1. The maximum absolute atomic E-state index is 14.0. The van der Waals surface area contributed by atoms with Crippen molar-refractivity contribution in [3.05, 3.63) is 40.2 Å². The van der Waals surface area contributed by atoms with Crippen LogP contribution in [0.5, 0.6) is 0 Å². The van der Waals surface area contributed by atoms with Crippen LogP contribution in [0.3, 0.4) is 0 Å². The van der Waals surface area contributed by atoms with Crippen molar-refractivity contribution in [3.63, 3.8) is 0 Å². The molecule has 0 spiro atoms. The highest BCUT2D eigenvalue weighted by molar-refractivity contribution is 7.91. The lowest BCUT2D eigenvalue weighted by Crippen LogP contribution is -2.53. The molecule has 7 nitrogen and oxygen atoms in total. The Hall–Kier alpha value is -1.56. The predicted octanol–water partition coefficient (Wildman–Crippen LogP) is 4.85. The second-order valence-electron chi connectivity index (χ2n) is 8.72. The Labute approximate surface area is 214 Å². The Balaban J connectivity index is 1.70. The van der Waals surface area contributed by atoms with Gasteiger partial charge in [-0.2, -0.15) is 4.31 Å². The fourth-order valence-corrected chi connectivity index (χ4v) is 8.17. The van der Waals surface area contributed by atoms with Crippen LogP contribution in [0.2, 0.25) is 5.02 Å². The molecule has 1 aliphatic rings. The molecule has 1 aliphatic heterocycles. The van der Waals surface area contributed by atoms with E-state index in [1.807, 2.05) is 33.2 Å². The van der Waals surface area contributed by atoms with Crippen LogP contribution in [0.1, 0.15) is 31.2 Å². The first-order chi connectivity index (χ1) is 16.2. The monoisotopic (exact) mass is 540 g/mol. The van der Waals surface area contributed by atoms with Crippen molar-refractivity contribution in [2.24, 2.45) is 0 Å². The van der Waals surface area contributed by atoms with Gasteiger partial charge in [-0.25, -0.2) is 13.4 Å². The van der Waals surface area contributed by atoms with Gasteiger partial charge in [-0.15, -0.1) is 11.3 Å². The summed E-state index contributed by atoms with van der Waals surface area (Å²) in [5, 5.41) is 2.97. The molecule has 0 aliphatic carbocycles. The van der Waals surface area contributed by atoms with E-state index in [1.165, 1.54) is 27.0 Å². The molecule has 0 N–H and O–H groups in total. The maximum Gasteiger partial charge on any atom is 0.253 e. The maximum atomic E-state index is 14.0. The molecule has 0 bridgehead atoms. The number of hydrogen-bond donors (Lipinski definition) is 0. The molecule has 1 unspecified atom stereocenters. The van der Waals surface area contributed by atoms with Crippen molar-refractivity contribution in [1.29, 1.82) is 0 Å². The second kappa shape index (κ2) is 10.6. The zero-order valence-corrected chi connectivity index (χ0v) is 22.7. The van der Waals surface area contributed by atoms with Crippen LogP contribution in [0.4, 0.5) is 5.13 Å². The van der Waals surface area contributed by atoms with Gasteiger partial charge in [-0.3, -0.25) is 9.69 Å². The first-order valence-corrected chi connectivity index (χ1v) is 14.8. The first kappa shape index (κ1) is 25.5. The molecule has 11 heteroatoms. The topological polar surface area (TPSA) is 73.8 Å². The van der Waals surface area contributed by atoms with Gasteiger partial charge >= 0.3 is 0 Å². The number of thiazole rings is 1. The number of carbonyl (C=O) groups excluding carboxylic acids is 1. The highest BCUT2D eigenvalue weighted by Gasteiger charge is 2.40. The molecular weight excluding hydrogens is 512 g/mol. The van der Waals surface area contributed by atoms with Crippen LogP contribution >= 0.6 is 34.3 Å². The van der Waals surface area contributed by atoms with Crippen molar-refractivity contribution >= 4 is 65.6 Å². The van der Waals surface area contributed by atoms with Crippen LogP contribution in [-0.4, -0.2) is 68.3 Å². The summed E-state index contributed by atoms with van der Waals surface area (Å²) in [7, 11) is 0.246. The highest BCUT2D eigenvalue weighted by atomic mass is 35.5.